The molecule has 160 valence electrons. The van der Waals surface area contributed by atoms with Crippen molar-refractivity contribution in [1.82, 2.24) is 9.66 Å². The Morgan fingerprint density at radius 1 is 1.29 bits per heavy atom. The van der Waals surface area contributed by atoms with Crippen LogP contribution in [0.2, 0.25) is 5.02 Å². The number of rotatable bonds is 7. The summed E-state index contributed by atoms with van der Waals surface area (Å²) >= 11 is 13.3. The van der Waals surface area contributed by atoms with Gasteiger partial charge in [-0.05, 0) is 47.1 Å². The number of aryl methyl sites for hydroxylation is 1. The van der Waals surface area contributed by atoms with Crippen LogP contribution in [-0.4, -0.2) is 29.1 Å². The molecule has 0 spiro atoms. The van der Waals surface area contributed by atoms with E-state index < -0.39 is 0 Å². The molecule has 0 atom stereocenters. The SMILES string of the molecule is CCOc1cc(C=Nn2c(CC)nc3ccc(Br)cc3c2=O)c(Br)c(Cl)c1OCC#N. The van der Waals surface area contributed by atoms with Crippen LogP contribution >= 0.6 is 43.5 Å². The Hall–Kier alpha value is -2.41. The molecule has 1 aromatic heterocycles. The Kier molecular flexibility index (Phi) is 7.70. The number of nitriles is 1. The number of nitrogens with zero attached hydrogens (tertiary/aromatic N) is 4. The molecule has 10 heteroatoms. The highest BCUT2D eigenvalue weighted by atomic mass is 79.9. The van der Waals surface area contributed by atoms with Gasteiger partial charge in [0.2, 0.25) is 0 Å². The molecule has 0 radical (unpaired) electrons. The highest BCUT2D eigenvalue weighted by molar-refractivity contribution is 9.10. The summed E-state index contributed by atoms with van der Waals surface area (Å²) in [6, 6.07) is 8.93. The molecule has 0 unspecified atom stereocenters. The largest absolute Gasteiger partial charge is 0.490 e. The highest BCUT2D eigenvalue weighted by Crippen LogP contribution is 2.42. The van der Waals surface area contributed by atoms with Gasteiger partial charge < -0.3 is 9.47 Å². The van der Waals surface area contributed by atoms with Crippen molar-refractivity contribution in [2.45, 2.75) is 20.3 Å². The van der Waals surface area contributed by atoms with E-state index in [0.29, 0.717) is 45.5 Å². The fraction of sp³-hybridized carbons (Fsp3) is 0.238. The molecule has 2 aromatic carbocycles. The van der Waals surface area contributed by atoms with E-state index in [9.17, 15) is 4.79 Å². The minimum atomic E-state index is -0.277. The Morgan fingerprint density at radius 3 is 2.74 bits per heavy atom. The number of ether oxygens (including phenoxy) is 2. The molecule has 0 saturated carbocycles. The summed E-state index contributed by atoms with van der Waals surface area (Å²) in [5.41, 5.74) is 0.903. The number of benzene rings is 2. The molecule has 31 heavy (non-hydrogen) atoms. The summed E-state index contributed by atoms with van der Waals surface area (Å²) in [5.74, 6) is 1.16. The van der Waals surface area contributed by atoms with E-state index in [1.165, 1.54) is 10.9 Å². The Bertz CT molecular complexity index is 1270. The Balaban J connectivity index is 2.13. The Morgan fingerprint density at radius 2 is 2.06 bits per heavy atom. The van der Waals surface area contributed by atoms with Gasteiger partial charge in [-0.2, -0.15) is 15.0 Å². The predicted octanol–water partition coefficient (Wildman–Crippen LogP) is 5.32. The minimum Gasteiger partial charge on any atom is -0.490 e. The molecule has 0 aliphatic heterocycles. The third kappa shape index (κ3) is 4.92. The van der Waals surface area contributed by atoms with Crippen molar-refractivity contribution < 1.29 is 9.47 Å². The van der Waals surface area contributed by atoms with Gasteiger partial charge in [0, 0.05) is 20.9 Å². The van der Waals surface area contributed by atoms with Crippen LogP contribution in [0.1, 0.15) is 25.2 Å². The summed E-state index contributed by atoms with van der Waals surface area (Å²) in [6.07, 6.45) is 2.02. The number of halogens is 3. The van der Waals surface area contributed by atoms with E-state index in [4.69, 9.17) is 26.3 Å². The molecule has 0 amide bonds. The second-order valence-corrected chi connectivity index (χ2v) is 8.29. The second kappa shape index (κ2) is 10.3. The lowest BCUT2D eigenvalue weighted by molar-refractivity contribution is 0.298. The highest BCUT2D eigenvalue weighted by Gasteiger charge is 2.18. The third-order valence-corrected chi connectivity index (χ3v) is 6.18. The topological polar surface area (TPSA) is 89.5 Å². The number of hydrogen-bond donors (Lipinski definition) is 0. The fourth-order valence-electron chi connectivity index (χ4n) is 2.86. The quantitative estimate of drug-likeness (QED) is 0.360. The lowest BCUT2D eigenvalue weighted by Crippen LogP contribution is -2.22. The third-order valence-electron chi connectivity index (χ3n) is 4.24. The summed E-state index contributed by atoms with van der Waals surface area (Å²) in [4.78, 5) is 17.6. The zero-order chi connectivity index (χ0) is 22.5. The van der Waals surface area contributed by atoms with Crippen LogP contribution in [0, 0.1) is 11.3 Å². The van der Waals surface area contributed by atoms with E-state index in [-0.39, 0.29) is 22.9 Å². The van der Waals surface area contributed by atoms with Crippen LogP contribution in [0.5, 0.6) is 11.5 Å². The van der Waals surface area contributed by atoms with Crippen molar-refractivity contribution in [3.63, 3.8) is 0 Å². The lowest BCUT2D eigenvalue weighted by Gasteiger charge is -2.14. The van der Waals surface area contributed by atoms with Gasteiger partial charge in [-0.3, -0.25) is 4.79 Å². The number of fused-ring (bicyclic) bond motifs is 1. The first kappa shape index (κ1) is 23.3. The van der Waals surface area contributed by atoms with Crippen molar-refractivity contribution >= 4 is 60.6 Å². The maximum Gasteiger partial charge on any atom is 0.282 e. The van der Waals surface area contributed by atoms with Gasteiger partial charge in [0.05, 0.1) is 23.7 Å². The normalized spacial score (nSPS) is 11.1. The zero-order valence-electron chi connectivity index (χ0n) is 16.7. The first-order chi connectivity index (χ1) is 14.9. The lowest BCUT2D eigenvalue weighted by atomic mass is 10.2. The smallest absolute Gasteiger partial charge is 0.282 e. The van der Waals surface area contributed by atoms with Gasteiger partial charge >= 0.3 is 0 Å². The molecule has 0 aliphatic rings. The summed E-state index contributed by atoms with van der Waals surface area (Å²) in [5, 5.41) is 13.9. The molecule has 0 saturated heterocycles. The van der Waals surface area contributed by atoms with Crippen LogP contribution in [0.4, 0.5) is 0 Å². The van der Waals surface area contributed by atoms with Crippen LogP contribution in [0.3, 0.4) is 0 Å². The van der Waals surface area contributed by atoms with Crippen molar-refractivity contribution in [2.24, 2.45) is 5.10 Å². The molecular formula is C21H17Br2ClN4O3. The number of hydrogen-bond acceptors (Lipinski definition) is 6. The molecule has 0 aliphatic carbocycles. The zero-order valence-corrected chi connectivity index (χ0v) is 20.6. The van der Waals surface area contributed by atoms with Crippen LogP contribution < -0.4 is 15.0 Å². The molecule has 3 aromatic rings. The van der Waals surface area contributed by atoms with Crippen LogP contribution in [-0.2, 0) is 6.42 Å². The molecule has 0 bridgehead atoms. The van der Waals surface area contributed by atoms with E-state index in [1.54, 1.807) is 18.2 Å². The fourth-order valence-corrected chi connectivity index (χ4v) is 3.88. The average molecular weight is 569 g/mol. The summed E-state index contributed by atoms with van der Waals surface area (Å²) in [7, 11) is 0. The molecular weight excluding hydrogens is 552 g/mol. The van der Waals surface area contributed by atoms with Crippen molar-refractivity contribution in [3.05, 3.63) is 60.0 Å². The van der Waals surface area contributed by atoms with Gasteiger partial charge in [0.25, 0.3) is 5.56 Å². The van der Waals surface area contributed by atoms with Gasteiger partial charge in [-0.25, -0.2) is 4.98 Å². The van der Waals surface area contributed by atoms with E-state index in [0.717, 1.165) is 4.47 Å². The minimum absolute atomic E-state index is 0.173. The summed E-state index contributed by atoms with van der Waals surface area (Å²) in [6.45, 7) is 3.93. The van der Waals surface area contributed by atoms with Crippen LogP contribution in [0.15, 0.2) is 43.1 Å². The van der Waals surface area contributed by atoms with Crippen molar-refractivity contribution in [3.8, 4) is 17.6 Å². The second-order valence-electron chi connectivity index (χ2n) is 6.21. The first-order valence-electron chi connectivity index (χ1n) is 9.31. The predicted molar refractivity (Wildman–Crippen MR) is 128 cm³/mol. The molecule has 0 N–H and O–H groups in total. The average Bonchev–Trinajstić information content (AvgIpc) is 2.76. The van der Waals surface area contributed by atoms with E-state index >= 15 is 0 Å². The van der Waals surface area contributed by atoms with Gasteiger partial charge in [-0.1, -0.05) is 34.5 Å². The summed E-state index contributed by atoms with van der Waals surface area (Å²) < 4.78 is 13.6. The molecule has 0 fully saturated rings. The standard InChI is InChI=1S/C21H17Br2ClN4O3/c1-3-17-27-15-6-5-13(22)10-14(15)21(29)28(17)26-11-12-9-16(30-4-2)20(31-8-7-25)19(24)18(12)23/h5-6,9-11H,3-4,8H2,1-2H3. The van der Waals surface area contributed by atoms with Gasteiger partial charge in [0.1, 0.15) is 16.9 Å². The molecule has 1 heterocycles. The maximum atomic E-state index is 13.1. The van der Waals surface area contributed by atoms with Gasteiger partial charge in [0.15, 0.2) is 18.1 Å². The molecule has 7 nitrogen and oxygen atoms in total. The van der Waals surface area contributed by atoms with E-state index in [1.807, 2.05) is 26.0 Å². The maximum absolute atomic E-state index is 13.1. The van der Waals surface area contributed by atoms with Crippen molar-refractivity contribution in [2.75, 3.05) is 13.2 Å². The van der Waals surface area contributed by atoms with Crippen LogP contribution in [0.25, 0.3) is 10.9 Å². The van der Waals surface area contributed by atoms with Gasteiger partial charge in [-0.15, -0.1) is 0 Å². The molecule has 3 rings (SSSR count). The monoisotopic (exact) mass is 566 g/mol. The van der Waals surface area contributed by atoms with E-state index in [2.05, 4.69) is 41.9 Å². The number of aromatic nitrogens is 2. The Labute approximate surface area is 200 Å². The first-order valence-corrected chi connectivity index (χ1v) is 11.3. The van der Waals surface area contributed by atoms with Crippen molar-refractivity contribution in [1.29, 1.82) is 5.26 Å².